The molecule has 90 valence electrons. The van der Waals surface area contributed by atoms with Gasteiger partial charge in [-0.15, -0.1) is 0 Å². The Morgan fingerprint density at radius 2 is 1.40 bits per heavy atom. The lowest BCUT2D eigenvalue weighted by Crippen LogP contribution is -2.31. The Morgan fingerprint density at radius 1 is 1.00 bits per heavy atom. The van der Waals surface area contributed by atoms with E-state index in [1.165, 1.54) is 0 Å². The van der Waals surface area contributed by atoms with Crippen LogP contribution >= 0.6 is 0 Å². The maximum atomic E-state index is 11.4. The molecule has 12 heteroatoms. The quantitative estimate of drug-likeness (QED) is 0.319. The molecule has 0 aliphatic rings. The van der Waals surface area contributed by atoms with Crippen molar-refractivity contribution in [2.75, 3.05) is 0 Å². The fourth-order valence-electron chi connectivity index (χ4n) is 0.162. The number of alkyl halides is 6. The summed E-state index contributed by atoms with van der Waals surface area (Å²) in [6.45, 7) is 0. The molecule has 0 atom stereocenters. The number of rotatable bonds is 2. The molecule has 0 amide bonds. The molecule has 0 aromatic heterocycles. The Kier molecular flexibility index (Phi) is 3.58. The van der Waals surface area contributed by atoms with Crippen molar-refractivity contribution < 1.29 is 48.8 Å². The van der Waals surface area contributed by atoms with E-state index in [0.29, 0.717) is 0 Å². The van der Waals surface area contributed by atoms with Gasteiger partial charge in [0, 0.05) is 0 Å². The number of carbonyl (C=O) groups excluding carboxylic acids is 1. The van der Waals surface area contributed by atoms with E-state index in [0.717, 1.165) is 0 Å². The van der Waals surface area contributed by atoms with Crippen molar-refractivity contribution in [3.63, 3.8) is 0 Å². The van der Waals surface area contributed by atoms with Crippen LogP contribution in [0.5, 0.6) is 0 Å². The van der Waals surface area contributed by atoms with E-state index >= 15 is 0 Å². The summed E-state index contributed by atoms with van der Waals surface area (Å²) in [5, 5.41) is 0. The van der Waals surface area contributed by atoms with Crippen molar-refractivity contribution in [2.24, 2.45) is 0 Å². The highest BCUT2D eigenvalue weighted by atomic mass is 32.2. The van der Waals surface area contributed by atoms with E-state index in [9.17, 15) is 39.6 Å². The average molecular weight is 262 g/mol. The molecule has 0 unspecified atom stereocenters. The lowest BCUT2D eigenvalue weighted by atomic mass is 10.7. The van der Waals surface area contributed by atoms with Crippen LogP contribution in [-0.2, 0) is 24.1 Å². The number of carbonyl (C=O) groups is 1. The molecule has 0 bridgehead atoms. The third kappa shape index (κ3) is 3.91. The Labute approximate surface area is 77.6 Å². The fraction of sp³-hybridized carbons (Fsp3) is 0.667. The molecule has 15 heavy (non-hydrogen) atoms. The van der Waals surface area contributed by atoms with E-state index in [-0.39, 0.29) is 0 Å². The van der Waals surface area contributed by atoms with E-state index in [2.05, 4.69) is 9.22 Å². The molecule has 0 rings (SSSR count). The normalized spacial score (nSPS) is 13.7. The minimum Gasteiger partial charge on any atom is -0.271 e. The minimum absolute atomic E-state index is 2.36. The van der Waals surface area contributed by atoms with Gasteiger partial charge in [0.05, 0.1) is 0 Å². The molecule has 0 saturated heterocycles. The first-order valence-electron chi connectivity index (χ1n) is 2.66. The second-order valence-electron chi connectivity index (χ2n) is 1.84. The van der Waals surface area contributed by atoms with Crippen molar-refractivity contribution in [3.05, 3.63) is 0 Å². The molecule has 0 aromatic carbocycles. The first-order valence-corrected chi connectivity index (χ1v) is 4.07. The SMILES string of the molecule is O=C(OOS(=O)(=O)C(F)(F)F)C(F)(F)F. The number of hydrogen-bond donors (Lipinski definition) is 0. The largest absolute Gasteiger partial charge is 0.526 e. The van der Waals surface area contributed by atoms with Crippen molar-refractivity contribution in [1.29, 1.82) is 0 Å². The van der Waals surface area contributed by atoms with Gasteiger partial charge >= 0.3 is 27.8 Å². The molecular weight excluding hydrogens is 262 g/mol. The zero-order valence-electron chi connectivity index (χ0n) is 6.22. The van der Waals surface area contributed by atoms with Gasteiger partial charge in [-0.25, -0.2) is 4.79 Å². The summed E-state index contributed by atoms with van der Waals surface area (Å²) in [5.41, 5.74) is -5.99. The number of hydrogen-bond acceptors (Lipinski definition) is 5. The van der Waals surface area contributed by atoms with Gasteiger partial charge < -0.3 is 0 Å². The second kappa shape index (κ2) is 3.84. The van der Waals surface area contributed by atoms with Crippen LogP contribution in [-0.4, -0.2) is 26.1 Å². The van der Waals surface area contributed by atoms with Crippen LogP contribution in [0.1, 0.15) is 0 Å². The molecule has 0 saturated carbocycles. The molecule has 0 N–H and O–H groups in total. The third-order valence-corrected chi connectivity index (χ3v) is 1.53. The summed E-state index contributed by atoms with van der Waals surface area (Å²) >= 11 is 0. The van der Waals surface area contributed by atoms with Gasteiger partial charge in [0.2, 0.25) is 0 Å². The summed E-state index contributed by atoms with van der Waals surface area (Å²) in [7, 11) is -6.40. The lowest BCUT2D eigenvalue weighted by molar-refractivity contribution is -0.259. The van der Waals surface area contributed by atoms with Crippen LogP contribution in [0, 0.1) is 0 Å². The molecule has 0 spiro atoms. The lowest BCUT2D eigenvalue weighted by Gasteiger charge is -2.07. The zero-order chi connectivity index (χ0) is 12.5. The molecular formula is C3F6O5S. The Bertz CT molecular complexity index is 337. The van der Waals surface area contributed by atoms with Crippen LogP contribution in [0.4, 0.5) is 26.3 Å². The van der Waals surface area contributed by atoms with Gasteiger partial charge in [-0.2, -0.15) is 34.8 Å². The summed E-state index contributed by atoms with van der Waals surface area (Å²) in [6.07, 6.45) is -5.67. The van der Waals surface area contributed by atoms with E-state index in [1.807, 2.05) is 0 Å². The molecule has 0 aliphatic carbocycles. The van der Waals surface area contributed by atoms with Crippen LogP contribution in [0.25, 0.3) is 0 Å². The summed E-state index contributed by atoms with van der Waals surface area (Å²) in [4.78, 5) is 12.2. The van der Waals surface area contributed by atoms with Crippen LogP contribution in [0.3, 0.4) is 0 Å². The van der Waals surface area contributed by atoms with E-state index < -0.39 is 27.8 Å². The molecule has 0 heterocycles. The molecule has 5 nitrogen and oxygen atoms in total. The van der Waals surface area contributed by atoms with Crippen LogP contribution in [0.15, 0.2) is 0 Å². The van der Waals surface area contributed by atoms with Crippen LogP contribution < -0.4 is 0 Å². The van der Waals surface area contributed by atoms with Crippen molar-refractivity contribution >= 4 is 16.1 Å². The van der Waals surface area contributed by atoms with Gasteiger partial charge in [-0.3, -0.25) is 4.89 Å². The maximum absolute atomic E-state index is 11.4. The standard InChI is InChI=1S/C3F6O5S/c4-2(5,6)1(10)13-14-15(11,12)3(7,8)9. The number of halogens is 6. The third-order valence-electron chi connectivity index (χ3n) is 0.714. The summed E-state index contributed by atoms with van der Waals surface area (Å²) in [5.74, 6) is -3.23. The highest BCUT2D eigenvalue weighted by Gasteiger charge is 2.51. The molecule has 0 radical (unpaired) electrons. The predicted octanol–water partition coefficient (Wildman–Crippen LogP) is 0.873. The van der Waals surface area contributed by atoms with Gasteiger partial charge in [0.1, 0.15) is 0 Å². The maximum Gasteiger partial charge on any atom is 0.526 e. The topological polar surface area (TPSA) is 69.7 Å². The molecule has 0 fully saturated rings. The predicted molar refractivity (Wildman–Crippen MR) is 28.2 cm³/mol. The highest BCUT2D eigenvalue weighted by molar-refractivity contribution is 7.87. The van der Waals surface area contributed by atoms with Crippen molar-refractivity contribution in [3.8, 4) is 0 Å². The molecule has 0 aliphatic heterocycles. The molecule has 0 aromatic rings. The van der Waals surface area contributed by atoms with E-state index in [4.69, 9.17) is 0 Å². The van der Waals surface area contributed by atoms with Crippen LogP contribution in [0.2, 0.25) is 0 Å². The zero-order valence-corrected chi connectivity index (χ0v) is 7.03. The van der Waals surface area contributed by atoms with Gasteiger partial charge in [-0.1, -0.05) is 0 Å². The average Bonchev–Trinajstić information content (AvgIpc) is 1.96. The van der Waals surface area contributed by atoms with Crippen molar-refractivity contribution in [2.45, 2.75) is 11.7 Å². The smallest absolute Gasteiger partial charge is 0.271 e. The van der Waals surface area contributed by atoms with Gasteiger partial charge in [-0.05, 0) is 4.33 Å². The second-order valence-corrected chi connectivity index (χ2v) is 3.34. The fourth-order valence-corrected chi connectivity index (χ4v) is 0.390. The van der Waals surface area contributed by atoms with Crippen molar-refractivity contribution in [1.82, 2.24) is 0 Å². The Balaban J connectivity index is 4.51. The minimum atomic E-state index is -6.40. The highest BCUT2D eigenvalue weighted by Crippen LogP contribution is 2.26. The summed E-state index contributed by atoms with van der Waals surface area (Å²) < 4.78 is 90.2. The Morgan fingerprint density at radius 3 is 1.67 bits per heavy atom. The Hall–Kier alpha value is -1.04. The monoisotopic (exact) mass is 262 g/mol. The van der Waals surface area contributed by atoms with Gasteiger partial charge in [0.25, 0.3) is 0 Å². The van der Waals surface area contributed by atoms with E-state index in [1.54, 1.807) is 0 Å². The first kappa shape index (κ1) is 14.0. The van der Waals surface area contributed by atoms with Gasteiger partial charge in [0.15, 0.2) is 0 Å². The summed E-state index contributed by atoms with van der Waals surface area (Å²) in [6, 6.07) is 0. The first-order chi connectivity index (χ1) is 6.38.